The zero-order valence-corrected chi connectivity index (χ0v) is 19.8. The van der Waals surface area contributed by atoms with Crippen molar-refractivity contribution in [3.8, 4) is 22.8 Å². The van der Waals surface area contributed by atoms with Gasteiger partial charge in [-0.1, -0.05) is 60.2 Å². The predicted molar refractivity (Wildman–Crippen MR) is 135 cm³/mol. The van der Waals surface area contributed by atoms with Crippen molar-refractivity contribution < 1.29 is 14.4 Å². The molecule has 9 heteroatoms. The monoisotopic (exact) mass is 486 g/mol. The first-order valence-electron chi connectivity index (χ1n) is 11.0. The lowest BCUT2D eigenvalue weighted by atomic mass is 10.1. The van der Waals surface area contributed by atoms with Crippen molar-refractivity contribution >= 4 is 23.2 Å². The first-order chi connectivity index (χ1) is 17.1. The number of nitro groups is 1. The van der Waals surface area contributed by atoms with Crippen molar-refractivity contribution in [1.82, 2.24) is 4.68 Å². The van der Waals surface area contributed by atoms with Crippen LogP contribution in [-0.4, -0.2) is 29.2 Å². The minimum absolute atomic E-state index is 0.0361. The van der Waals surface area contributed by atoms with Gasteiger partial charge in [0.2, 0.25) is 11.6 Å². The minimum Gasteiger partial charge on any atom is -0.454 e. The van der Waals surface area contributed by atoms with Gasteiger partial charge in [-0.2, -0.15) is 5.10 Å². The van der Waals surface area contributed by atoms with Gasteiger partial charge < -0.3 is 9.47 Å². The van der Waals surface area contributed by atoms with Gasteiger partial charge in [0, 0.05) is 17.5 Å². The summed E-state index contributed by atoms with van der Waals surface area (Å²) in [5, 5.41) is 18.3. The van der Waals surface area contributed by atoms with E-state index in [4.69, 9.17) is 14.5 Å². The molecular formula is C26H22N4O4S. The Morgan fingerprint density at radius 3 is 2.57 bits per heavy atom. The number of nitrogens with zero attached hydrogens (tertiary/aromatic N) is 4. The Bertz CT molecular complexity index is 1460. The van der Waals surface area contributed by atoms with Crippen molar-refractivity contribution in [2.45, 2.75) is 13.3 Å². The predicted octanol–water partition coefficient (Wildman–Crippen LogP) is 5.19. The van der Waals surface area contributed by atoms with Crippen LogP contribution in [0.25, 0.3) is 11.3 Å². The summed E-state index contributed by atoms with van der Waals surface area (Å²) in [6.45, 7) is 2.67. The second-order valence-electron chi connectivity index (χ2n) is 7.96. The highest BCUT2D eigenvalue weighted by atomic mass is 32.1. The first kappa shape index (κ1) is 22.5. The Labute approximate surface area is 205 Å². The summed E-state index contributed by atoms with van der Waals surface area (Å²) >= 11 is 1.48. The number of fused-ring (bicyclic) bond motifs is 1. The van der Waals surface area contributed by atoms with Gasteiger partial charge in [0.15, 0.2) is 11.5 Å². The summed E-state index contributed by atoms with van der Waals surface area (Å²) in [5.41, 5.74) is 4.42. The van der Waals surface area contributed by atoms with E-state index in [-0.39, 0.29) is 12.5 Å². The van der Waals surface area contributed by atoms with Crippen LogP contribution in [0.4, 0.5) is 5.69 Å². The minimum atomic E-state index is -0.451. The van der Waals surface area contributed by atoms with E-state index in [1.807, 2.05) is 54.8 Å². The number of benzene rings is 3. The second-order valence-corrected chi connectivity index (χ2v) is 8.80. The molecule has 0 radical (unpaired) electrons. The topological polar surface area (TPSA) is 91.2 Å². The van der Waals surface area contributed by atoms with Gasteiger partial charge in [-0.05, 0) is 25.0 Å². The molecule has 1 aliphatic rings. The highest BCUT2D eigenvalue weighted by Crippen LogP contribution is 2.37. The molecule has 2 heterocycles. The standard InChI is InChI=1S/C26H22N4O4S/c1-18-7-9-20(10-8-18)23-16-35-26(27-12-11-19-5-3-2-4-6-19)29(23)28-15-21-13-24-25(34-17-33-24)14-22(21)30(31)32/h2-10,13-16H,11-12,17H2,1H3. The molecule has 4 aromatic rings. The van der Waals surface area contributed by atoms with Crippen molar-refractivity contribution in [2.24, 2.45) is 10.1 Å². The van der Waals surface area contributed by atoms with Gasteiger partial charge in [0.1, 0.15) is 0 Å². The molecule has 0 bridgehead atoms. The molecule has 176 valence electrons. The third kappa shape index (κ3) is 4.99. The lowest BCUT2D eigenvalue weighted by Crippen LogP contribution is -2.13. The zero-order valence-electron chi connectivity index (χ0n) is 19.0. The zero-order chi connectivity index (χ0) is 24.2. The number of aromatic nitrogens is 1. The Balaban J connectivity index is 1.54. The Kier molecular flexibility index (Phi) is 6.40. The van der Waals surface area contributed by atoms with E-state index in [2.05, 4.69) is 17.2 Å². The van der Waals surface area contributed by atoms with Crippen LogP contribution in [0, 0.1) is 17.0 Å². The van der Waals surface area contributed by atoms with E-state index in [0.717, 1.165) is 23.2 Å². The van der Waals surface area contributed by atoms with Crippen LogP contribution in [0.2, 0.25) is 0 Å². The van der Waals surface area contributed by atoms with Crippen molar-refractivity contribution in [1.29, 1.82) is 0 Å². The summed E-state index contributed by atoms with van der Waals surface area (Å²) in [4.78, 5) is 16.7. The molecule has 0 fully saturated rings. The maximum atomic E-state index is 11.7. The molecule has 0 spiro atoms. The third-order valence-electron chi connectivity index (χ3n) is 5.55. The van der Waals surface area contributed by atoms with Gasteiger partial charge in [-0.25, -0.2) is 4.68 Å². The molecule has 1 aromatic heterocycles. The highest BCUT2D eigenvalue weighted by Gasteiger charge is 2.22. The molecule has 0 atom stereocenters. The van der Waals surface area contributed by atoms with Gasteiger partial charge >= 0.3 is 0 Å². The fourth-order valence-corrected chi connectivity index (χ4v) is 4.56. The molecule has 0 unspecified atom stereocenters. The molecule has 0 saturated heterocycles. The lowest BCUT2D eigenvalue weighted by Gasteiger charge is -2.05. The SMILES string of the molecule is Cc1ccc(-c2csc(=NCCc3ccccc3)n2N=Cc2cc3c(cc2[N+](=O)[O-])OCO3)cc1. The fraction of sp³-hybridized carbons (Fsp3) is 0.154. The average molecular weight is 487 g/mol. The summed E-state index contributed by atoms with van der Waals surface area (Å²) in [6, 6.07) is 21.2. The average Bonchev–Trinajstić information content (AvgIpc) is 3.49. The van der Waals surface area contributed by atoms with E-state index < -0.39 is 4.92 Å². The molecule has 3 aromatic carbocycles. The van der Waals surface area contributed by atoms with Crippen molar-refractivity contribution in [3.05, 3.63) is 104 Å². The molecule has 0 amide bonds. The summed E-state index contributed by atoms with van der Waals surface area (Å²) in [7, 11) is 0. The van der Waals surface area contributed by atoms with Gasteiger partial charge in [-0.3, -0.25) is 15.1 Å². The second kappa shape index (κ2) is 9.94. The molecule has 5 rings (SSSR count). The van der Waals surface area contributed by atoms with Crippen molar-refractivity contribution in [3.63, 3.8) is 0 Å². The summed E-state index contributed by atoms with van der Waals surface area (Å²) in [6.07, 6.45) is 2.27. The number of thiazole rings is 1. The van der Waals surface area contributed by atoms with Gasteiger partial charge in [-0.15, -0.1) is 11.3 Å². The maximum absolute atomic E-state index is 11.7. The van der Waals surface area contributed by atoms with Crippen LogP contribution < -0.4 is 14.3 Å². The lowest BCUT2D eigenvalue weighted by molar-refractivity contribution is -0.385. The van der Waals surface area contributed by atoms with Gasteiger partial charge in [0.05, 0.1) is 28.5 Å². The Morgan fingerprint density at radius 2 is 1.83 bits per heavy atom. The number of hydrogen-bond acceptors (Lipinski definition) is 7. The van der Waals surface area contributed by atoms with Crippen LogP contribution in [0.15, 0.2) is 82.2 Å². The van der Waals surface area contributed by atoms with E-state index in [1.165, 1.54) is 29.2 Å². The summed E-state index contributed by atoms with van der Waals surface area (Å²) < 4.78 is 12.4. The molecule has 0 saturated carbocycles. The van der Waals surface area contributed by atoms with Gasteiger partial charge in [0.25, 0.3) is 5.69 Å². The number of ether oxygens (including phenoxy) is 2. The number of rotatable bonds is 7. The quantitative estimate of drug-likeness (QED) is 0.204. The number of nitro benzene ring substituents is 1. The van der Waals surface area contributed by atoms with Crippen LogP contribution in [0.5, 0.6) is 11.5 Å². The molecular weight excluding hydrogens is 464 g/mol. The van der Waals surface area contributed by atoms with E-state index in [9.17, 15) is 10.1 Å². The Morgan fingerprint density at radius 1 is 1.09 bits per heavy atom. The van der Waals surface area contributed by atoms with Crippen LogP contribution in [0.3, 0.4) is 0 Å². The van der Waals surface area contributed by atoms with Crippen molar-refractivity contribution in [2.75, 3.05) is 13.3 Å². The smallest absolute Gasteiger partial charge is 0.282 e. The fourth-order valence-electron chi connectivity index (χ4n) is 3.70. The molecule has 35 heavy (non-hydrogen) atoms. The maximum Gasteiger partial charge on any atom is 0.282 e. The molecule has 1 aliphatic heterocycles. The molecule has 0 aliphatic carbocycles. The first-order valence-corrected chi connectivity index (χ1v) is 11.9. The summed E-state index contributed by atoms with van der Waals surface area (Å²) in [5.74, 6) is 0.813. The van der Waals surface area contributed by atoms with E-state index in [1.54, 1.807) is 10.7 Å². The molecule has 8 nitrogen and oxygen atoms in total. The van der Waals surface area contributed by atoms with E-state index >= 15 is 0 Å². The van der Waals surface area contributed by atoms with E-state index in [0.29, 0.717) is 28.4 Å². The third-order valence-corrected chi connectivity index (χ3v) is 6.41. The van der Waals surface area contributed by atoms with Crippen LogP contribution >= 0.6 is 11.3 Å². The normalized spacial score (nSPS) is 13.0. The molecule has 0 N–H and O–H groups in total. The van der Waals surface area contributed by atoms with Crippen LogP contribution in [0.1, 0.15) is 16.7 Å². The Hall–Kier alpha value is -4.24. The highest BCUT2D eigenvalue weighted by molar-refractivity contribution is 7.07. The largest absolute Gasteiger partial charge is 0.454 e. The number of hydrogen-bond donors (Lipinski definition) is 0. The van der Waals surface area contributed by atoms with Crippen LogP contribution in [-0.2, 0) is 6.42 Å². The number of aryl methyl sites for hydroxylation is 1.